The Bertz CT molecular complexity index is 983. The van der Waals surface area contributed by atoms with Crippen molar-refractivity contribution in [3.05, 3.63) is 33.9 Å². The molecule has 1 aromatic rings. The Labute approximate surface area is 171 Å². The molecule has 1 spiro atoms. The van der Waals surface area contributed by atoms with E-state index in [1.807, 2.05) is 4.90 Å². The summed E-state index contributed by atoms with van der Waals surface area (Å²) in [4.78, 5) is 67.2. The number of hydrogen-bond donors (Lipinski definition) is 0. The third kappa shape index (κ3) is 2.50. The highest BCUT2D eigenvalue weighted by Gasteiger charge is 2.64. The smallest absolute Gasteiger partial charge is 0.332 e. The number of non-ortho nitro benzene ring substituents is 1. The molecule has 0 radical (unpaired) electrons. The van der Waals surface area contributed by atoms with Crippen molar-refractivity contribution in [2.75, 3.05) is 38.6 Å². The number of benzene rings is 1. The number of hydrogen-bond acceptors (Lipinski definition) is 7. The summed E-state index contributed by atoms with van der Waals surface area (Å²) < 4.78 is 0. The van der Waals surface area contributed by atoms with Gasteiger partial charge in [-0.15, -0.1) is 0 Å². The minimum Gasteiger partial charge on any atom is -0.363 e. The summed E-state index contributed by atoms with van der Waals surface area (Å²) in [5, 5.41) is 11.3. The number of imide groups is 2. The van der Waals surface area contributed by atoms with Crippen molar-refractivity contribution < 1.29 is 24.1 Å². The van der Waals surface area contributed by atoms with E-state index < -0.39 is 34.2 Å². The molecule has 1 atom stereocenters. The maximum atomic E-state index is 13.4. The molecule has 4 rings (SSSR count). The molecule has 3 heterocycles. The van der Waals surface area contributed by atoms with E-state index >= 15 is 0 Å². The van der Waals surface area contributed by atoms with Gasteiger partial charge >= 0.3 is 6.03 Å². The normalized spacial score (nSPS) is 22.9. The average molecular weight is 415 g/mol. The van der Waals surface area contributed by atoms with Crippen LogP contribution in [0.1, 0.15) is 12.5 Å². The Morgan fingerprint density at radius 1 is 1.13 bits per heavy atom. The predicted molar refractivity (Wildman–Crippen MR) is 104 cm³/mol. The molecule has 2 fully saturated rings. The first-order valence-electron chi connectivity index (χ1n) is 9.49. The predicted octanol–water partition coefficient (Wildman–Crippen LogP) is 0.225. The minimum absolute atomic E-state index is 0.0868. The van der Waals surface area contributed by atoms with E-state index in [1.165, 1.54) is 33.2 Å². The van der Waals surface area contributed by atoms with Crippen molar-refractivity contribution in [3.8, 4) is 0 Å². The topological polar surface area (TPSA) is 124 Å². The maximum Gasteiger partial charge on any atom is 0.332 e. The molecule has 0 N–H and O–H groups in total. The molecule has 3 aliphatic rings. The zero-order valence-electron chi connectivity index (χ0n) is 16.8. The zero-order chi connectivity index (χ0) is 22.0. The number of carbonyl (C=O) groups excluding carboxylic acids is 4. The largest absolute Gasteiger partial charge is 0.363 e. The lowest BCUT2D eigenvalue weighted by Gasteiger charge is -2.56. The second-order valence-corrected chi connectivity index (χ2v) is 7.90. The van der Waals surface area contributed by atoms with Crippen molar-refractivity contribution in [2.45, 2.75) is 19.4 Å². The molecular formula is C19H21N5O6. The van der Waals surface area contributed by atoms with E-state index in [0.29, 0.717) is 24.3 Å². The summed E-state index contributed by atoms with van der Waals surface area (Å²) in [5.74, 6) is -1.49. The number of carbonyl (C=O) groups is 4. The number of nitro benzene ring substituents is 1. The van der Waals surface area contributed by atoms with E-state index in [-0.39, 0.29) is 24.6 Å². The van der Waals surface area contributed by atoms with Crippen LogP contribution in [0.5, 0.6) is 0 Å². The van der Waals surface area contributed by atoms with E-state index in [2.05, 4.69) is 0 Å². The van der Waals surface area contributed by atoms with E-state index in [0.717, 1.165) is 9.80 Å². The standard InChI is InChI=1S/C19H21N5O6/c1-11(25)22-6-7-23-14-5-4-13(24(29)30)8-12(14)9-19(15(23)10-22)16(26)20(2)18(28)21(3)17(19)27/h4-5,8,15H,6-7,9-10H2,1-3H3/t15-/m1/s1. The monoisotopic (exact) mass is 415 g/mol. The van der Waals surface area contributed by atoms with Crippen molar-refractivity contribution in [1.29, 1.82) is 0 Å². The van der Waals surface area contributed by atoms with Crippen LogP contribution in [0.4, 0.5) is 16.2 Å². The van der Waals surface area contributed by atoms with Gasteiger partial charge in [0.15, 0.2) is 5.41 Å². The van der Waals surface area contributed by atoms with Gasteiger partial charge in [-0.05, 0) is 11.6 Å². The fourth-order valence-corrected chi connectivity index (χ4v) is 4.83. The Hall–Kier alpha value is -3.50. The molecule has 1 aromatic carbocycles. The second kappa shape index (κ2) is 6.51. The average Bonchev–Trinajstić information content (AvgIpc) is 2.73. The van der Waals surface area contributed by atoms with Crippen molar-refractivity contribution in [2.24, 2.45) is 5.41 Å². The first-order valence-corrected chi connectivity index (χ1v) is 9.49. The van der Waals surface area contributed by atoms with Gasteiger partial charge in [-0.2, -0.15) is 0 Å². The van der Waals surface area contributed by atoms with E-state index in [4.69, 9.17) is 0 Å². The summed E-state index contributed by atoms with van der Waals surface area (Å²) in [6, 6.07) is 2.96. The molecule has 0 aromatic heterocycles. The third-order valence-electron chi connectivity index (χ3n) is 6.39. The van der Waals surface area contributed by atoms with Gasteiger partial charge in [-0.1, -0.05) is 0 Å². The number of urea groups is 1. The molecule has 3 aliphatic heterocycles. The molecule has 11 heteroatoms. The lowest BCUT2D eigenvalue weighted by molar-refractivity contribution is -0.384. The molecule has 0 unspecified atom stereocenters. The summed E-state index contributed by atoms with van der Waals surface area (Å²) in [6.45, 7) is 2.32. The van der Waals surface area contributed by atoms with E-state index in [1.54, 1.807) is 11.0 Å². The van der Waals surface area contributed by atoms with Gasteiger partial charge in [0, 0.05) is 64.9 Å². The Morgan fingerprint density at radius 2 is 1.77 bits per heavy atom. The second-order valence-electron chi connectivity index (χ2n) is 7.90. The number of barbiturate groups is 1. The first kappa shape index (κ1) is 19.8. The van der Waals surface area contributed by atoms with Gasteiger partial charge in [-0.25, -0.2) is 4.79 Å². The molecule has 0 saturated carbocycles. The molecule has 11 nitrogen and oxygen atoms in total. The number of anilines is 1. The highest BCUT2D eigenvalue weighted by Crippen LogP contribution is 2.47. The zero-order valence-corrected chi connectivity index (χ0v) is 16.8. The molecule has 2 saturated heterocycles. The van der Waals surface area contributed by atoms with Gasteiger partial charge in [0.1, 0.15) is 0 Å². The quantitative estimate of drug-likeness (QED) is 0.365. The third-order valence-corrected chi connectivity index (χ3v) is 6.39. The summed E-state index contributed by atoms with van der Waals surface area (Å²) >= 11 is 0. The van der Waals surface area contributed by atoms with Crippen LogP contribution in [0.3, 0.4) is 0 Å². The Balaban J connectivity index is 1.92. The number of piperazine rings is 1. The summed E-state index contributed by atoms with van der Waals surface area (Å²) in [7, 11) is 2.63. The molecule has 0 bridgehead atoms. The maximum absolute atomic E-state index is 13.4. The number of amides is 5. The molecule has 158 valence electrons. The van der Waals surface area contributed by atoms with Crippen LogP contribution >= 0.6 is 0 Å². The van der Waals surface area contributed by atoms with Gasteiger partial charge < -0.3 is 9.80 Å². The van der Waals surface area contributed by atoms with Gasteiger partial charge in [0.25, 0.3) is 5.69 Å². The minimum atomic E-state index is -1.66. The van der Waals surface area contributed by atoms with Crippen LogP contribution in [0.15, 0.2) is 18.2 Å². The fourth-order valence-electron chi connectivity index (χ4n) is 4.83. The number of nitrogens with zero attached hydrogens (tertiary/aromatic N) is 5. The first-order chi connectivity index (χ1) is 14.1. The number of fused-ring (bicyclic) bond motifs is 4. The molecule has 0 aliphatic carbocycles. The lowest BCUT2D eigenvalue weighted by Crippen LogP contribution is -2.74. The van der Waals surface area contributed by atoms with Gasteiger partial charge in [0.2, 0.25) is 17.7 Å². The SMILES string of the molecule is CC(=O)N1CCN2c3ccc([N+](=O)[O-])cc3CC3(C(=O)N(C)C(=O)N(C)C3=O)[C@H]2C1. The van der Waals surface area contributed by atoms with Crippen molar-refractivity contribution in [1.82, 2.24) is 14.7 Å². The fraction of sp³-hybridized carbons (Fsp3) is 0.474. The number of rotatable bonds is 1. The lowest BCUT2D eigenvalue weighted by atomic mass is 9.67. The highest BCUT2D eigenvalue weighted by molar-refractivity contribution is 6.20. The van der Waals surface area contributed by atoms with E-state index in [9.17, 15) is 29.3 Å². The molecule has 30 heavy (non-hydrogen) atoms. The summed E-state index contributed by atoms with van der Waals surface area (Å²) in [6.07, 6.45) is -0.0868. The van der Waals surface area contributed by atoms with Crippen molar-refractivity contribution >= 4 is 35.1 Å². The molecular weight excluding hydrogens is 394 g/mol. The highest BCUT2D eigenvalue weighted by atomic mass is 16.6. The van der Waals surface area contributed by atoms with Crippen LogP contribution < -0.4 is 4.90 Å². The van der Waals surface area contributed by atoms with Crippen LogP contribution in [-0.2, 0) is 20.8 Å². The van der Waals surface area contributed by atoms with Crippen LogP contribution in [0.2, 0.25) is 0 Å². The van der Waals surface area contributed by atoms with Crippen molar-refractivity contribution in [3.63, 3.8) is 0 Å². The Kier molecular flexibility index (Phi) is 4.29. The summed E-state index contributed by atoms with van der Waals surface area (Å²) in [5.41, 5.74) is -0.608. The van der Waals surface area contributed by atoms with Crippen LogP contribution in [0.25, 0.3) is 0 Å². The Morgan fingerprint density at radius 3 is 2.33 bits per heavy atom. The van der Waals surface area contributed by atoms with Crippen LogP contribution in [-0.4, -0.2) is 83.1 Å². The van der Waals surface area contributed by atoms with Gasteiger partial charge in [-0.3, -0.25) is 34.3 Å². The number of nitro groups is 1. The van der Waals surface area contributed by atoms with Gasteiger partial charge in [0.05, 0.1) is 11.0 Å². The van der Waals surface area contributed by atoms with Crippen LogP contribution in [0, 0.1) is 15.5 Å². The molecule has 5 amide bonds.